The second-order valence-corrected chi connectivity index (χ2v) is 4.32. The average molecular weight is 196 g/mol. The monoisotopic (exact) mass is 196 g/mol. The first kappa shape index (κ1) is 11.4. The molecule has 0 bridgehead atoms. The van der Waals surface area contributed by atoms with Crippen LogP contribution < -0.4 is 0 Å². The smallest absolute Gasteiger partial charge is 0.140 e. The highest BCUT2D eigenvalue weighted by molar-refractivity contribution is 5.98. The van der Waals surface area contributed by atoms with Crippen LogP contribution in [0.15, 0.2) is 0 Å². The van der Waals surface area contributed by atoms with Crippen LogP contribution in [-0.2, 0) is 9.59 Å². The Bertz CT molecular complexity index is 202. The van der Waals surface area contributed by atoms with Crippen LogP contribution in [0.3, 0.4) is 0 Å². The van der Waals surface area contributed by atoms with Gasteiger partial charge in [-0.15, -0.1) is 0 Å². The highest BCUT2D eigenvalue weighted by Crippen LogP contribution is 2.26. The van der Waals surface area contributed by atoms with E-state index in [9.17, 15) is 9.59 Å². The minimum absolute atomic E-state index is 0.0887. The molecule has 0 aliphatic heterocycles. The van der Waals surface area contributed by atoms with E-state index in [0.717, 1.165) is 0 Å². The normalized spacial score (nSPS) is 18.1. The summed E-state index contributed by atoms with van der Waals surface area (Å²) in [7, 11) is 0. The Kier molecular flexibility index (Phi) is 4.85. The molecular weight excluding hydrogens is 176 g/mol. The van der Waals surface area contributed by atoms with Crippen molar-refractivity contribution in [3.63, 3.8) is 0 Å². The van der Waals surface area contributed by atoms with E-state index in [-0.39, 0.29) is 18.0 Å². The van der Waals surface area contributed by atoms with E-state index in [4.69, 9.17) is 0 Å². The van der Waals surface area contributed by atoms with E-state index in [1.807, 2.05) is 6.92 Å². The lowest BCUT2D eigenvalue weighted by Crippen LogP contribution is -2.14. The van der Waals surface area contributed by atoms with Crippen LogP contribution in [0.25, 0.3) is 0 Å². The van der Waals surface area contributed by atoms with Crippen molar-refractivity contribution in [3.8, 4) is 0 Å². The quantitative estimate of drug-likeness (QED) is 0.633. The van der Waals surface area contributed by atoms with Gasteiger partial charge < -0.3 is 0 Å². The summed E-state index contributed by atoms with van der Waals surface area (Å²) in [5, 5.41) is 0. The molecule has 0 unspecified atom stereocenters. The summed E-state index contributed by atoms with van der Waals surface area (Å²) in [5.74, 6) is 0.815. The van der Waals surface area contributed by atoms with E-state index in [1.165, 1.54) is 32.1 Å². The zero-order chi connectivity index (χ0) is 10.4. The van der Waals surface area contributed by atoms with Crippen molar-refractivity contribution in [2.24, 2.45) is 5.92 Å². The third-order valence-electron chi connectivity index (χ3n) is 3.03. The maximum absolute atomic E-state index is 11.5. The fraction of sp³-hybridized carbons (Fsp3) is 0.833. The molecule has 0 amide bonds. The second-order valence-electron chi connectivity index (χ2n) is 4.32. The van der Waals surface area contributed by atoms with Crippen LogP contribution in [0, 0.1) is 5.92 Å². The number of carbonyl (C=O) groups is 2. The van der Waals surface area contributed by atoms with Crippen LogP contribution in [-0.4, -0.2) is 11.6 Å². The number of ketones is 2. The van der Waals surface area contributed by atoms with E-state index in [1.54, 1.807) is 0 Å². The molecule has 1 aliphatic carbocycles. The summed E-state index contributed by atoms with van der Waals surface area (Å²) in [6.07, 6.45) is 7.53. The van der Waals surface area contributed by atoms with E-state index in [0.29, 0.717) is 18.8 Å². The van der Waals surface area contributed by atoms with Crippen LogP contribution in [0.2, 0.25) is 0 Å². The van der Waals surface area contributed by atoms with Crippen LogP contribution >= 0.6 is 0 Å². The van der Waals surface area contributed by atoms with Gasteiger partial charge in [-0.1, -0.05) is 39.0 Å². The zero-order valence-corrected chi connectivity index (χ0v) is 9.05. The predicted octanol–water partition coefficient (Wildman–Crippen LogP) is 2.90. The van der Waals surface area contributed by atoms with Crippen LogP contribution in [0.1, 0.15) is 58.3 Å². The van der Waals surface area contributed by atoms with Crippen molar-refractivity contribution < 1.29 is 9.59 Å². The molecule has 0 spiro atoms. The lowest BCUT2D eigenvalue weighted by molar-refractivity contribution is -0.127. The maximum atomic E-state index is 11.5. The number of hydrogen-bond donors (Lipinski definition) is 0. The van der Waals surface area contributed by atoms with Gasteiger partial charge in [-0.3, -0.25) is 9.59 Å². The molecular formula is C12H20O2. The van der Waals surface area contributed by atoms with Crippen LogP contribution in [0.5, 0.6) is 0 Å². The van der Waals surface area contributed by atoms with Gasteiger partial charge in [-0.25, -0.2) is 0 Å². The number of rotatable bonds is 5. The molecule has 80 valence electrons. The summed E-state index contributed by atoms with van der Waals surface area (Å²) in [4.78, 5) is 22.5. The molecule has 1 aliphatic rings. The fourth-order valence-electron chi connectivity index (χ4n) is 2.13. The van der Waals surface area contributed by atoms with Gasteiger partial charge in [0.25, 0.3) is 0 Å². The van der Waals surface area contributed by atoms with E-state index >= 15 is 0 Å². The standard InChI is InChI=1S/C12H20O2/c1-2-11(13)9-12(14)8-10-6-4-3-5-7-10/h10H,2-9H2,1H3. The molecule has 0 aromatic carbocycles. The molecule has 0 aromatic heterocycles. The third-order valence-corrected chi connectivity index (χ3v) is 3.03. The molecule has 0 aromatic rings. The van der Waals surface area contributed by atoms with Crippen LogP contribution in [0.4, 0.5) is 0 Å². The highest BCUT2D eigenvalue weighted by Gasteiger charge is 2.17. The van der Waals surface area contributed by atoms with Crippen molar-refractivity contribution in [1.82, 2.24) is 0 Å². The molecule has 2 heteroatoms. The molecule has 0 radical (unpaired) electrons. The zero-order valence-electron chi connectivity index (χ0n) is 9.05. The van der Waals surface area contributed by atoms with Crippen molar-refractivity contribution in [1.29, 1.82) is 0 Å². The average Bonchev–Trinajstić information content (AvgIpc) is 2.19. The molecule has 2 nitrogen and oxygen atoms in total. The minimum atomic E-state index is 0.0887. The van der Waals surface area contributed by atoms with Crippen molar-refractivity contribution in [2.45, 2.75) is 58.3 Å². The maximum Gasteiger partial charge on any atom is 0.140 e. The Morgan fingerprint density at radius 3 is 2.29 bits per heavy atom. The third kappa shape index (κ3) is 4.03. The summed E-state index contributed by atoms with van der Waals surface area (Å²) in [5.41, 5.74) is 0. The van der Waals surface area contributed by atoms with Gasteiger partial charge in [0.1, 0.15) is 11.6 Å². The van der Waals surface area contributed by atoms with E-state index < -0.39 is 0 Å². The molecule has 0 N–H and O–H groups in total. The summed E-state index contributed by atoms with van der Waals surface area (Å²) in [6, 6.07) is 0. The summed E-state index contributed by atoms with van der Waals surface area (Å²) in [6.45, 7) is 1.82. The topological polar surface area (TPSA) is 34.1 Å². The summed E-state index contributed by atoms with van der Waals surface area (Å²) >= 11 is 0. The number of hydrogen-bond acceptors (Lipinski definition) is 2. The minimum Gasteiger partial charge on any atom is -0.299 e. The molecule has 0 saturated heterocycles. The van der Waals surface area contributed by atoms with Gasteiger partial charge >= 0.3 is 0 Å². The highest BCUT2D eigenvalue weighted by atomic mass is 16.1. The van der Waals surface area contributed by atoms with Crippen molar-refractivity contribution in [3.05, 3.63) is 0 Å². The van der Waals surface area contributed by atoms with Crippen molar-refractivity contribution >= 4 is 11.6 Å². The molecule has 1 fully saturated rings. The van der Waals surface area contributed by atoms with Gasteiger partial charge in [0.2, 0.25) is 0 Å². The second kappa shape index (κ2) is 5.94. The van der Waals surface area contributed by atoms with Gasteiger partial charge in [0, 0.05) is 12.8 Å². The Morgan fingerprint density at radius 1 is 1.07 bits per heavy atom. The molecule has 14 heavy (non-hydrogen) atoms. The molecule has 0 heterocycles. The number of Topliss-reactive ketones (excluding diaryl/α,β-unsaturated/α-hetero) is 2. The molecule has 1 saturated carbocycles. The number of carbonyl (C=O) groups excluding carboxylic acids is 2. The Labute approximate surface area is 86.1 Å². The molecule has 1 rings (SSSR count). The van der Waals surface area contributed by atoms with E-state index in [2.05, 4.69) is 0 Å². The lowest BCUT2D eigenvalue weighted by Gasteiger charge is -2.20. The van der Waals surface area contributed by atoms with Gasteiger partial charge in [-0.2, -0.15) is 0 Å². The first-order valence-electron chi connectivity index (χ1n) is 5.75. The lowest BCUT2D eigenvalue weighted by atomic mass is 9.85. The summed E-state index contributed by atoms with van der Waals surface area (Å²) < 4.78 is 0. The van der Waals surface area contributed by atoms with Crippen molar-refractivity contribution in [2.75, 3.05) is 0 Å². The Morgan fingerprint density at radius 2 is 1.71 bits per heavy atom. The largest absolute Gasteiger partial charge is 0.299 e. The first-order valence-corrected chi connectivity index (χ1v) is 5.75. The molecule has 0 atom stereocenters. The van der Waals surface area contributed by atoms with Gasteiger partial charge in [0.05, 0.1) is 6.42 Å². The van der Waals surface area contributed by atoms with Gasteiger partial charge in [0.15, 0.2) is 0 Å². The Balaban J connectivity index is 2.21. The fourth-order valence-corrected chi connectivity index (χ4v) is 2.13. The predicted molar refractivity (Wildman–Crippen MR) is 56.1 cm³/mol. The SMILES string of the molecule is CCC(=O)CC(=O)CC1CCCCC1. The first-order chi connectivity index (χ1) is 6.72. The Hall–Kier alpha value is -0.660. The van der Waals surface area contributed by atoms with Gasteiger partial charge in [-0.05, 0) is 5.92 Å².